The largest absolute Gasteiger partial charge is 0.383 e. The van der Waals surface area contributed by atoms with E-state index >= 15 is 0 Å². The lowest BCUT2D eigenvalue weighted by Gasteiger charge is -2.24. The summed E-state index contributed by atoms with van der Waals surface area (Å²) in [6.07, 6.45) is 0.551. The van der Waals surface area contributed by atoms with Crippen molar-refractivity contribution in [3.05, 3.63) is 34.9 Å². The van der Waals surface area contributed by atoms with Crippen molar-refractivity contribution in [1.82, 2.24) is 4.90 Å². The number of rotatable bonds is 9. The first kappa shape index (κ1) is 18.4. The van der Waals surface area contributed by atoms with Crippen LogP contribution >= 0.6 is 27.5 Å². The Labute approximate surface area is 139 Å². The van der Waals surface area contributed by atoms with Gasteiger partial charge in [-0.1, -0.05) is 45.7 Å². The number of methoxy groups -OCH3 is 2. The van der Waals surface area contributed by atoms with Crippen molar-refractivity contribution in [1.29, 1.82) is 0 Å². The molecule has 6 heteroatoms. The minimum atomic E-state index is -0.314. The highest BCUT2D eigenvalue weighted by molar-refractivity contribution is 9.10. The number of halogens is 2. The zero-order chi connectivity index (χ0) is 15.7. The lowest BCUT2D eigenvalue weighted by atomic mass is 10.1. The lowest BCUT2D eigenvalue weighted by Crippen LogP contribution is -2.41. The van der Waals surface area contributed by atoms with Crippen molar-refractivity contribution in [2.75, 3.05) is 40.5 Å². The van der Waals surface area contributed by atoms with Crippen molar-refractivity contribution in [3.8, 4) is 0 Å². The minimum absolute atomic E-state index is 0.0176. The zero-order valence-corrected chi connectivity index (χ0v) is 14.7. The van der Waals surface area contributed by atoms with Crippen molar-refractivity contribution >= 4 is 33.4 Å². The van der Waals surface area contributed by atoms with Crippen LogP contribution in [0.25, 0.3) is 0 Å². The van der Waals surface area contributed by atoms with E-state index in [0.29, 0.717) is 37.7 Å². The quantitative estimate of drug-likeness (QED) is 0.620. The molecule has 1 amide bonds. The van der Waals surface area contributed by atoms with Crippen LogP contribution in [0.15, 0.2) is 24.3 Å². The van der Waals surface area contributed by atoms with Crippen LogP contribution in [0, 0.1) is 0 Å². The second-order valence-corrected chi connectivity index (χ2v) is 6.09. The van der Waals surface area contributed by atoms with Gasteiger partial charge in [-0.3, -0.25) is 4.79 Å². The zero-order valence-electron chi connectivity index (χ0n) is 12.4. The van der Waals surface area contributed by atoms with Crippen LogP contribution in [0.2, 0.25) is 5.02 Å². The normalized spacial score (nSPS) is 12.2. The highest BCUT2D eigenvalue weighted by atomic mass is 79.9. The average molecular weight is 379 g/mol. The van der Waals surface area contributed by atoms with Crippen molar-refractivity contribution in [2.24, 2.45) is 0 Å². The summed E-state index contributed by atoms with van der Waals surface area (Å²) in [6, 6.07) is 7.55. The highest BCUT2D eigenvalue weighted by Gasteiger charge is 2.22. The third-order valence-electron chi connectivity index (χ3n) is 3.07. The van der Waals surface area contributed by atoms with Gasteiger partial charge in [0.15, 0.2) is 0 Å². The van der Waals surface area contributed by atoms with Crippen LogP contribution < -0.4 is 0 Å². The number of benzene rings is 1. The molecule has 0 radical (unpaired) electrons. The molecule has 1 aromatic carbocycles. The number of nitrogens with zero attached hydrogens (tertiary/aromatic N) is 1. The maximum Gasteiger partial charge on any atom is 0.236 e. The molecule has 0 aliphatic carbocycles. The number of alkyl halides is 1. The van der Waals surface area contributed by atoms with E-state index < -0.39 is 0 Å². The average Bonchev–Trinajstić information content (AvgIpc) is 2.49. The number of hydrogen-bond acceptors (Lipinski definition) is 3. The molecule has 1 rings (SSSR count). The Balaban J connectivity index is 2.66. The SMILES string of the molecule is COCCN(CCOC)C(=O)C(Br)Cc1ccccc1Cl. The first-order valence-electron chi connectivity index (χ1n) is 6.74. The van der Waals surface area contributed by atoms with Gasteiger partial charge >= 0.3 is 0 Å². The smallest absolute Gasteiger partial charge is 0.236 e. The second-order valence-electron chi connectivity index (χ2n) is 4.57. The van der Waals surface area contributed by atoms with E-state index in [4.69, 9.17) is 21.1 Å². The van der Waals surface area contributed by atoms with Gasteiger partial charge in [0.25, 0.3) is 0 Å². The maximum absolute atomic E-state index is 12.5. The van der Waals surface area contributed by atoms with E-state index in [2.05, 4.69) is 15.9 Å². The summed E-state index contributed by atoms with van der Waals surface area (Å²) in [4.78, 5) is 13.9. The Morgan fingerprint density at radius 2 is 1.81 bits per heavy atom. The molecule has 0 fully saturated rings. The van der Waals surface area contributed by atoms with Gasteiger partial charge < -0.3 is 14.4 Å². The number of ether oxygens (including phenoxy) is 2. The van der Waals surface area contributed by atoms with Crippen molar-refractivity contribution < 1.29 is 14.3 Å². The van der Waals surface area contributed by atoms with Crippen molar-refractivity contribution in [2.45, 2.75) is 11.2 Å². The van der Waals surface area contributed by atoms with Gasteiger partial charge in [0.2, 0.25) is 5.91 Å². The van der Waals surface area contributed by atoms with E-state index in [1.54, 1.807) is 19.1 Å². The molecule has 0 saturated carbocycles. The van der Waals surface area contributed by atoms with Crippen LogP contribution in [0.1, 0.15) is 5.56 Å². The van der Waals surface area contributed by atoms with Gasteiger partial charge in [0.1, 0.15) is 0 Å². The molecule has 0 aliphatic heterocycles. The standard InChI is InChI=1S/C15H21BrClNO3/c1-20-9-7-18(8-10-21-2)15(19)13(16)11-12-5-3-4-6-14(12)17/h3-6,13H,7-11H2,1-2H3. The molecule has 0 N–H and O–H groups in total. The lowest BCUT2D eigenvalue weighted by molar-refractivity contribution is -0.131. The molecule has 0 aromatic heterocycles. The van der Waals surface area contributed by atoms with E-state index in [0.717, 1.165) is 5.56 Å². The summed E-state index contributed by atoms with van der Waals surface area (Å²) in [6.45, 7) is 2.09. The Morgan fingerprint density at radius 1 is 1.24 bits per heavy atom. The third-order valence-corrected chi connectivity index (χ3v) is 4.15. The van der Waals surface area contributed by atoms with Crippen LogP contribution in [-0.4, -0.2) is 56.2 Å². The van der Waals surface area contributed by atoms with E-state index in [1.165, 1.54) is 0 Å². The molecule has 0 bridgehead atoms. The van der Waals surface area contributed by atoms with E-state index in [9.17, 15) is 4.79 Å². The fraction of sp³-hybridized carbons (Fsp3) is 0.533. The molecular weight excluding hydrogens is 358 g/mol. The number of carbonyl (C=O) groups excluding carboxylic acids is 1. The summed E-state index contributed by atoms with van der Waals surface area (Å²) >= 11 is 9.60. The molecule has 0 aliphatic rings. The van der Waals surface area contributed by atoms with Gasteiger partial charge in [-0.25, -0.2) is 0 Å². The Morgan fingerprint density at radius 3 is 2.33 bits per heavy atom. The molecule has 0 spiro atoms. The fourth-order valence-electron chi connectivity index (χ4n) is 1.88. The van der Waals surface area contributed by atoms with Gasteiger partial charge in [0, 0.05) is 32.3 Å². The molecule has 1 unspecified atom stereocenters. The van der Waals surface area contributed by atoms with E-state index in [1.807, 2.05) is 24.3 Å². The molecule has 118 valence electrons. The Kier molecular flexibility index (Phi) is 8.92. The summed E-state index contributed by atoms with van der Waals surface area (Å²) in [5.74, 6) is 0.0176. The third kappa shape index (κ3) is 6.34. The number of hydrogen-bond donors (Lipinski definition) is 0. The van der Waals surface area contributed by atoms with Gasteiger partial charge in [0.05, 0.1) is 18.0 Å². The summed E-state index contributed by atoms with van der Waals surface area (Å²) in [7, 11) is 3.24. The minimum Gasteiger partial charge on any atom is -0.383 e. The maximum atomic E-state index is 12.5. The second kappa shape index (κ2) is 10.2. The van der Waals surface area contributed by atoms with Gasteiger partial charge in [-0.15, -0.1) is 0 Å². The molecular formula is C15H21BrClNO3. The van der Waals surface area contributed by atoms with Gasteiger partial charge in [-0.2, -0.15) is 0 Å². The summed E-state index contributed by atoms with van der Waals surface area (Å²) in [5, 5.41) is 0.676. The summed E-state index contributed by atoms with van der Waals surface area (Å²) in [5.41, 5.74) is 0.952. The van der Waals surface area contributed by atoms with Crippen molar-refractivity contribution in [3.63, 3.8) is 0 Å². The predicted molar refractivity (Wildman–Crippen MR) is 88.2 cm³/mol. The Bertz CT molecular complexity index is 437. The van der Waals surface area contributed by atoms with Crippen LogP contribution in [-0.2, 0) is 20.7 Å². The summed E-state index contributed by atoms with van der Waals surface area (Å²) < 4.78 is 10.1. The van der Waals surface area contributed by atoms with Gasteiger partial charge in [-0.05, 0) is 18.1 Å². The fourth-order valence-corrected chi connectivity index (χ4v) is 2.73. The van der Waals surface area contributed by atoms with Crippen LogP contribution in [0.3, 0.4) is 0 Å². The van der Waals surface area contributed by atoms with Crippen LogP contribution in [0.4, 0.5) is 0 Å². The van der Waals surface area contributed by atoms with E-state index in [-0.39, 0.29) is 10.7 Å². The topological polar surface area (TPSA) is 38.8 Å². The first-order valence-corrected chi connectivity index (χ1v) is 8.03. The van der Waals surface area contributed by atoms with Crippen LogP contribution in [0.5, 0.6) is 0 Å². The number of carbonyl (C=O) groups is 1. The molecule has 21 heavy (non-hydrogen) atoms. The molecule has 0 heterocycles. The molecule has 4 nitrogen and oxygen atoms in total. The molecule has 1 atom stereocenters. The first-order chi connectivity index (χ1) is 10.1. The predicted octanol–water partition coefficient (Wildman–Crippen LogP) is 2.77. The number of amides is 1. The molecule has 1 aromatic rings. The highest BCUT2D eigenvalue weighted by Crippen LogP contribution is 2.20. The molecule has 0 saturated heterocycles. The Hall–Kier alpha value is -0.620. The monoisotopic (exact) mass is 377 g/mol.